The van der Waals surface area contributed by atoms with Gasteiger partial charge in [-0.15, -0.1) is 0 Å². The second kappa shape index (κ2) is 9.16. The molecule has 1 fully saturated rings. The monoisotopic (exact) mass is 481 g/mol. The van der Waals surface area contributed by atoms with E-state index in [2.05, 4.69) is 10.3 Å². The molecule has 3 heterocycles. The maximum absolute atomic E-state index is 14.5. The van der Waals surface area contributed by atoms with E-state index >= 15 is 0 Å². The number of nitrogens with one attached hydrogen (secondary N) is 1. The zero-order valence-electron chi connectivity index (χ0n) is 19.7. The van der Waals surface area contributed by atoms with E-state index in [1.165, 1.54) is 19.4 Å². The topological polar surface area (TPSA) is 110 Å². The number of carbonyl (C=O) groups is 2. The van der Waals surface area contributed by atoms with Gasteiger partial charge in [0.1, 0.15) is 0 Å². The van der Waals surface area contributed by atoms with Gasteiger partial charge in [0.15, 0.2) is 5.82 Å². The van der Waals surface area contributed by atoms with Gasteiger partial charge in [-0.25, -0.2) is 14.2 Å². The number of aryl methyl sites for hydroxylation is 1. The average molecular weight is 482 g/mol. The Balaban J connectivity index is 1.67. The fourth-order valence-electron chi connectivity index (χ4n) is 5.45. The number of halogens is 1. The van der Waals surface area contributed by atoms with Gasteiger partial charge in [0.25, 0.3) is 0 Å². The second-order valence-corrected chi connectivity index (χ2v) is 9.30. The maximum Gasteiger partial charge on any atom is 0.414 e. The molecule has 1 amide bonds. The number of hydrogen-bond acceptors (Lipinski definition) is 6. The second-order valence-electron chi connectivity index (χ2n) is 9.30. The lowest BCUT2D eigenvalue weighted by Gasteiger charge is -2.34. The van der Waals surface area contributed by atoms with Crippen molar-refractivity contribution in [3.8, 4) is 0 Å². The van der Waals surface area contributed by atoms with Crippen LogP contribution >= 0.6 is 0 Å². The molecule has 0 radical (unpaired) electrons. The number of carboxylic acids is 1. The van der Waals surface area contributed by atoms with Crippen LogP contribution in [0.15, 0.2) is 30.6 Å². The first-order valence-electron chi connectivity index (χ1n) is 11.9. The number of aromatic nitrogens is 3. The summed E-state index contributed by atoms with van der Waals surface area (Å²) in [6.45, 7) is 1.98. The zero-order valence-corrected chi connectivity index (χ0v) is 19.7. The molecule has 0 unspecified atom stereocenters. The third-order valence-electron chi connectivity index (χ3n) is 7.21. The fraction of sp³-hybridized carbons (Fsp3) is 0.440. The molecule has 1 aromatic carbocycles. The van der Waals surface area contributed by atoms with Crippen molar-refractivity contribution < 1.29 is 23.8 Å². The minimum Gasteiger partial charge on any atom is -0.481 e. The molecule has 2 aromatic heterocycles. The van der Waals surface area contributed by atoms with Crippen molar-refractivity contribution in [2.45, 2.75) is 57.5 Å². The largest absolute Gasteiger partial charge is 0.481 e. The standard InChI is InChI=1S/C25H28FN5O4/c1-14-6-7-17-20(30(14)25(34)35-2)8-9-21-22(17)29-24(28-19-10-11-27-13-18(19)26)31(21)16-5-3-4-15(12-16)23(32)33/h8-11,13-16H,3-7,12H2,1-2H3,(H,32,33)(H,27,28,29)/t14-,15+,16+/m0/s1. The van der Waals surface area contributed by atoms with Crippen LogP contribution in [0.3, 0.4) is 0 Å². The average Bonchev–Trinajstić information content (AvgIpc) is 3.23. The summed E-state index contributed by atoms with van der Waals surface area (Å²) in [6, 6.07) is 5.22. The number of nitrogens with zero attached hydrogens (tertiary/aromatic N) is 4. The highest BCUT2D eigenvalue weighted by Gasteiger charge is 2.34. The molecule has 0 saturated heterocycles. The normalized spacial score (nSPS) is 22.0. The summed E-state index contributed by atoms with van der Waals surface area (Å²) in [7, 11) is 1.36. The molecule has 3 atom stereocenters. The molecule has 2 N–H and O–H groups in total. The van der Waals surface area contributed by atoms with E-state index in [1.807, 2.05) is 23.6 Å². The smallest absolute Gasteiger partial charge is 0.414 e. The summed E-state index contributed by atoms with van der Waals surface area (Å²) in [5.74, 6) is -1.30. The molecule has 184 valence electrons. The minimum absolute atomic E-state index is 0.0207. The lowest BCUT2D eigenvalue weighted by atomic mass is 9.85. The number of carboxylic acid groups (broad SMARTS) is 1. The number of pyridine rings is 1. The Morgan fingerprint density at radius 3 is 2.80 bits per heavy atom. The minimum atomic E-state index is -0.797. The van der Waals surface area contributed by atoms with Crippen molar-refractivity contribution in [1.82, 2.24) is 14.5 Å². The molecular weight excluding hydrogens is 453 g/mol. The van der Waals surface area contributed by atoms with Gasteiger partial charge in [0, 0.05) is 23.8 Å². The summed E-state index contributed by atoms with van der Waals surface area (Å²) in [4.78, 5) is 34.6. The van der Waals surface area contributed by atoms with Crippen LogP contribution in [-0.4, -0.2) is 44.9 Å². The Bertz CT molecular complexity index is 1290. The molecule has 9 nitrogen and oxygen atoms in total. The first kappa shape index (κ1) is 23.1. The Morgan fingerprint density at radius 1 is 1.23 bits per heavy atom. The van der Waals surface area contributed by atoms with E-state index in [4.69, 9.17) is 9.72 Å². The molecule has 5 rings (SSSR count). The number of carbonyl (C=O) groups excluding carboxylic acids is 1. The molecule has 1 saturated carbocycles. The molecular formula is C25H28FN5O4. The third kappa shape index (κ3) is 4.06. The first-order valence-corrected chi connectivity index (χ1v) is 11.9. The Hall–Kier alpha value is -3.69. The van der Waals surface area contributed by atoms with E-state index in [-0.39, 0.29) is 17.8 Å². The molecule has 1 aliphatic carbocycles. The third-order valence-corrected chi connectivity index (χ3v) is 7.21. The van der Waals surface area contributed by atoms with Gasteiger partial charge in [-0.2, -0.15) is 0 Å². The van der Waals surface area contributed by atoms with Gasteiger partial charge in [0.05, 0.1) is 41.6 Å². The van der Waals surface area contributed by atoms with Crippen LogP contribution in [0.2, 0.25) is 0 Å². The number of benzene rings is 1. The van der Waals surface area contributed by atoms with Crippen molar-refractivity contribution in [2.75, 3.05) is 17.3 Å². The van der Waals surface area contributed by atoms with Gasteiger partial charge in [-0.3, -0.25) is 14.7 Å². The van der Waals surface area contributed by atoms with Crippen molar-refractivity contribution in [3.63, 3.8) is 0 Å². The van der Waals surface area contributed by atoms with Crippen LogP contribution in [0, 0.1) is 11.7 Å². The van der Waals surface area contributed by atoms with Crippen LogP contribution in [-0.2, 0) is 16.0 Å². The number of rotatable bonds is 4. The Morgan fingerprint density at radius 2 is 2.06 bits per heavy atom. The van der Waals surface area contributed by atoms with Crippen LogP contribution in [0.4, 0.5) is 26.5 Å². The number of methoxy groups -OCH3 is 1. The number of fused-ring (bicyclic) bond motifs is 3. The number of imidazole rings is 1. The summed E-state index contributed by atoms with van der Waals surface area (Å²) in [5.41, 5.74) is 3.46. The SMILES string of the molecule is COC(=O)N1c2ccc3c(nc(Nc4ccncc4F)n3[C@@H]3CCC[C@@H](C(=O)O)C3)c2CC[C@@H]1C. The van der Waals surface area contributed by atoms with E-state index < -0.39 is 23.8 Å². The lowest BCUT2D eigenvalue weighted by Crippen LogP contribution is -2.42. The zero-order chi connectivity index (χ0) is 24.7. The van der Waals surface area contributed by atoms with Crippen LogP contribution in [0.5, 0.6) is 0 Å². The first-order chi connectivity index (χ1) is 16.9. The highest BCUT2D eigenvalue weighted by molar-refractivity contribution is 5.96. The Kier molecular flexibility index (Phi) is 6.04. The molecule has 0 bridgehead atoms. The number of anilines is 3. The molecule has 3 aromatic rings. The molecule has 1 aliphatic heterocycles. The summed E-state index contributed by atoms with van der Waals surface area (Å²) >= 11 is 0. The van der Waals surface area contributed by atoms with Crippen molar-refractivity contribution in [3.05, 3.63) is 42.0 Å². The predicted molar refractivity (Wildman–Crippen MR) is 129 cm³/mol. The van der Waals surface area contributed by atoms with Crippen LogP contribution < -0.4 is 10.2 Å². The lowest BCUT2D eigenvalue weighted by molar-refractivity contribution is -0.143. The van der Waals surface area contributed by atoms with Crippen molar-refractivity contribution in [1.29, 1.82) is 0 Å². The number of amides is 1. The van der Waals surface area contributed by atoms with E-state index in [0.717, 1.165) is 54.2 Å². The van der Waals surface area contributed by atoms with Gasteiger partial charge in [-0.1, -0.05) is 6.42 Å². The molecule has 35 heavy (non-hydrogen) atoms. The number of hydrogen-bond donors (Lipinski definition) is 2. The highest BCUT2D eigenvalue weighted by Crippen LogP contribution is 2.42. The fourth-order valence-corrected chi connectivity index (χ4v) is 5.45. The van der Waals surface area contributed by atoms with Crippen LogP contribution in [0.1, 0.15) is 50.6 Å². The van der Waals surface area contributed by atoms with Gasteiger partial charge in [-0.05, 0) is 57.2 Å². The molecule has 2 aliphatic rings. The Labute approximate surface area is 201 Å². The maximum atomic E-state index is 14.5. The molecule has 0 spiro atoms. The summed E-state index contributed by atoms with van der Waals surface area (Å²) in [5, 5.41) is 12.8. The van der Waals surface area contributed by atoms with E-state index in [0.29, 0.717) is 18.8 Å². The predicted octanol–water partition coefficient (Wildman–Crippen LogP) is 5.04. The number of ether oxygens (including phenoxy) is 1. The number of aliphatic carboxylic acids is 1. The van der Waals surface area contributed by atoms with Crippen molar-refractivity contribution >= 4 is 40.4 Å². The van der Waals surface area contributed by atoms with E-state index in [1.54, 1.807) is 4.90 Å². The van der Waals surface area contributed by atoms with Crippen LogP contribution in [0.25, 0.3) is 11.0 Å². The summed E-state index contributed by atoms with van der Waals surface area (Å²) in [6.07, 6.45) is 6.37. The van der Waals surface area contributed by atoms with Gasteiger partial charge >= 0.3 is 12.1 Å². The van der Waals surface area contributed by atoms with Gasteiger partial charge in [0.2, 0.25) is 5.95 Å². The quantitative estimate of drug-likeness (QED) is 0.537. The van der Waals surface area contributed by atoms with Gasteiger partial charge < -0.3 is 19.7 Å². The summed E-state index contributed by atoms with van der Waals surface area (Å²) < 4.78 is 21.5. The van der Waals surface area contributed by atoms with Crippen molar-refractivity contribution in [2.24, 2.45) is 5.92 Å². The van der Waals surface area contributed by atoms with E-state index in [9.17, 15) is 19.1 Å². The molecule has 10 heteroatoms. The highest BCUT2D eigenvalue weighted by atomic mass is 19.1.